The van der Waals surface area contributed by atoms with Crippen LogP contribution >= 0.6 is 34.3 Å². The number of nitrogens with one attached hydrogen (secondary N) is 1. The Morgan fingerprint density at radius 2 is 1.77 bits per heavy atom. The van der Waals surface area contributed by atoms with E-state index in [1.165, 1.54) is 28.2 Å². The van der Waals surface area contributed by atoms with Crippen molar-refractivity contribution in [2.75, 3.05) is 11.9 Å². The van der Waals surface area contributed by atoms with Crippen LogP contribution in [0.4, 0.5) is 5.69 Å². The minimum Gasteiger partial charge on any atom is -0.477 e. The minimum atomic E-state index is -1.81. The van der Waals surface area contributed by atoms with Gasteiger partial charge < -0.3 is 10.4 Å². The summed E-state index contributed by atoms with van der Waals surface area (Å²) in [4.78, 5) is 27.0. The van der Waals surface area contributed by atoms with Crippen LogP contribution in [-0.4, -0.2) is 33.7 Å². The van der Waals surface area contributed by atoms with Crippen LogP contribution in [0, 0.1) is 19.8 Å². The molecule has 3 aromatic carbocycles. The summed E-state index contributed by atoms with van der Waals surface area (Å²) in [5.41, 5.74) is 5.01. The van der Waals surface area contributed by atoms with Gasteiger partial charge in [0.2, 0.25) is 0 Å². The van der Waals surface area contributed by atoms with Crippen molar-refractivity contribution in [3.8, 4) is 0 Å². The maximum Gasteiger partial charge on any atom is 0.346 e. The van der Waals surface area contributed by atoms with E-state index in [1.54, 1.807) is 19.1 Å². The van der Waals surface area contributed by atoms with E-state index in [1.807, 2.05) is 60.8 Å². The predicted molar refractivity (Wildman–Crippen MR) is 198 cm³/mol. The quantitative estimate of drug-likeness (QED) is 0.132. The fourth-order valence-corrected chi connectivity index (χ4v) is 9.73. The first-order chi connectivity index (χ1) is 23.2. The molecule has 1 saturated carbocycles. The number of aromatic carboxylic acids is 1. The summed E-state index contributed by atoms with van der Waals surface area (Å²) in [5, 5.41) is 16.7. The summed E-state index contributed by atoms with van der Waals surface area (Å²) in [6, 6.07) is 23.5. The molecule has 0 amide bonds. The Kier molecular flexibility index (Phi) is 11.1. The number of carboxylic acid groups (broad SMARTS) is 1. The molecule has 4 unspecified atom stereocenters. The van der Waals surface area contributed by atoms with E-state index >= 15 is 0 Å². The Labute approximate surface area is 296 Å². The first-order valence-electron chi connectivity index (χ1n) is 16.2. The molecule has 250 valence electrons. The molecule has 1 fully saturated rings. The second-order valence-electron chi connectivity index (χ2n) is 12.4. The number of ketones is 1. The molecule has 5 aromatic rings. The highest BCUT2D eigenvalue weighted by molar-refractivity contribution is 7.80. The summed E-state index contributed by atoms with van der Waals surface area (Å²) in [5.74, 6) is -0.933. The van der Waals surface area contributed by atoms with Crippen LogP contribution in [-0.2, 0) is 21.7 Å². The van der Waals surface area contributed by atoms with Gasteiger partial charge in [-0.2, -0.15) is 0 Å². The number of hydrogen-bond donors (Lipinski definition) is 2. The number of Topliss-reactive ketones (excluding diaryl/α,β-unsaturated/α-hetero) is 1. The molecule has 0 radical (unpaired) electrons. The van der Waals surface area contributed by atoms with Gasteiger partial charge >= 0.3 is 5.97 Å². The zero-order valence-corrected chi connectivity index (χ0v) is 30.1. The van der Waals surface area contributed by atoms with Crippen molar-refractivity contribution in [3.63, 3.8) is 0 Å². The van der Waals surface area contributed by atoms with Crippen LogP contribution in [0.1, 0.15) is 79.6 Å². The highest BCUT2D eigenvalue weighted by atomic mass is 35.5. The van der Waals surface area contributed by atoms with Crippen LogP contribution < -0.4 is 5.32 Å². The minimum absolute atomic E-state index is 0.0436. The van der Waals surface area contributed by atoms with Gasteiger partial charge in [0.1, 0.15) is 4.88 Å². The average Bonchev–Trinajstić information content (AvgIpc) is 3.66. The normalized spacial score (nSPS) is 19.0. The number of para-hydroxylation sites is 1. The summed E-state index contributed by atoms with van der Waals surface area (Å²) in [6.45, 7) is 4.50. The van der Waals surface area contributed by atoms with Crippen molar-refractivity contribution in [1.82, 2.24) is 0 Å². The van der Waals surface area contributed by atoms with Crippen molar-refractivity contribution in [3.05, 3.63) is 115 Å². The predicted octanol–water partition coefficient (Wildman–Crippen LogP) is 10.2. The van der Waals surface area contributed by atoms with Gasteiger partial charge in [0.25, 0.3) is 0 Å². The zero-order valence-electron chi connectivity index (χ0n) is 26.9. The third-order valence-electron chi connectivity index (χ3n) is 9.28. The molecule has 0 spiro atoms. The van der Waals surface area contributed by atoms with E-state index in [4.69, 9.17) is 15.8 Å². The summed E-state index contributed by atoms with van der Waals surface area (Å²) in [7, 11) is 0. The lowest BCUT2D eigenvalue weighted by Crippen LogP contribution is -2.29. The number of aryl methyl sites for hydroxylation is 2. The maximum atomic E-state index is 14.0. The number of rotatable bonds is 11. The monoisotopic (exact) mass is 719 g/mol. The lowest BCUT2D eigenvalue weighted by molar-refractivity contribution is 0.0701. The Morgan fingerprint density at radius 3 is 2.52 bits per heavy atom. The number of halogens is 1. The van der Waals surface area contributed by atoms with Gasteiger partial charge in [-0.1, -0.05) is 48.4 Å². The van der Waals surface area contributed by atoms with Crippen molar-refractivity contribution in [2.24, 2.45) is 5.92 Å². The lowest BCUT2D eigenvalue weighted by Gasteiger charge is -2.32. The molecular formula is C38H38ClNO5S3. The van der Waals surface area contributed by atoms with Crippen LogP contribution in [0.5, 0.6) is 0 Å². The molecule has 2 aromatic heterocycles. The molecule has 1 aliphatic rings. The topological polar surface area (TPSA) is 92.7 Å². The van der Waals surface area contributed by atoms with Gasteiger partial charge in [-0.15, -0.1) is 22.7 Å². The molecule has 48 heavy (non-hydrogen) atoms. The molecule has 10 heteroatoms. The summed E-state index contributed by atoms with van der Waals surface area (Å²) >= 11 is 6.99. The second kappa shape index (κ2) is 15.5. The highest BCUT2D eigenvalue weighted by Gasteiger charge is 2.33. The van der Waals surface area contributed by atoms with Gasteiger partial charge in [-0.05, 0) is 121 Å². The summed E-state index contributed by atoms with van der Waals surface area (Å²) < 4.78 is 21.3. The molecule has 6 rings (SSSR count). The van der Waals surface area contributed by atoms with Gasteiger partial charge in [0.15, 0.2) is 16.9 Å². The Bertz CT molecular complexity index is 1950. The smallest absolute Gasteiger partial charge is 0.346 e. The first kappa shape index (κ1) is 34.5. The van der Waals surface area contributed by atoms with Crippen LogP contribution in [0.2, 0.25) is 5.02 Å². The molecule has 6 nitrogen and oxygen atoms in total. The van der Waals surface area contributed by atoms with Gasteiger partial charge in [-0.3, -0.25) is 8.98 Å². The Hall–Kier alpha value is -3.34. The van der Waals surface area contributed by atoms with E-state index in [-0.39, 0.29) is 22.5 Å². The highest BCUT2D eigenvalue weighted by Crippen LogP contribution is 2.40. The number of carboxylic acids is 1. The molecule has 1 aliphatic carbocycles. The third kappa shape index (κ3) is 7.76. The number of benzene rings is 3. The third-order valence-corrected chi connectivity index (χ3v) is 12.9. The number of anilines is 1. The second-order valence-corrected chi connectivity index (χ2v) is 15.9. The number of thiophene rings is 2. The number of fused-ring (bicyclic) bond motifs is 1. The molecule has 2 heterocycles. The van der Waals surface area contributed by atoms with Crippen molar-refractivity contribution >= 4 is 72.9 Å². The lowest BCUT2D eigenvalue weighted by atomic mass is 9.78. The molecule has 0 saturated heterocycles. The fraction of sp³-hybridized carbons (Fsp3) is 0.316. The first-order valence-corrected chi connectivity index (χ1v) is 19.4. The van der Waals surface area contributed by atoms with Crippen molar-refractivity contribution < 1.29 is 23.1 Å². The van der Waals surface area contributed by atoms with Crippen LogP contribution in [0.3, 0.4) is 0 Å². The number of carbonyl (C=O) groups excluding carboxylic acids is 1. The molecule has 2 N–H and O–H groups in total. The van der Waals surface area contributed by atoms with Crippen molar-refractivity contribution in [1.29, 1.82) is 0 Å². The summed E-state index contributed by atoms with van der Waals surface area (Å²) in [6.07, 6.45) is 4.09. The Morgan fingerprint density at radius 1 is 0.979 bits per heavy atom. The molecule has 4 atom stereocenters. The van der Waals surface area contributed by atoms with E-state index in [2.05, 4.69) is 17.4 Å². The van der Waals surface area contributed by atoms with E-state index in [0.29, 0.717) is 23.3 Å². The van der Waals surface area contributed by atoms with Crippen LogP contribution in [0.25, 0.3) is 10.1 Å². The van der Waals surface area contributed by atoms with E-state index < -0.39 is 23.2 Å². The van der Waals surface area contributed by atoms with Gasteiger partial charge in [-0.25, -0.2) is 9.00 Å². The van der Waals surface area contributed by atoms with Crippen molar-refractivity contribution in [2.45, 2.75) is 69.3 Å². The molecule has 0 bridgehead atoms. The molecule has 0 aliphatic heterocycles. The molecular weight excluding hydrogens is 682 g/mol. The van der Waals surface area contributed by atoms with Gasteiger partial charge in [0.05, 0.1) is 15.9 Å². The van der Waals surface area contributed by atoms with Crippen LogP contribution in [0.15, 0.2) is 83.1 Å². The number of carbonyl (C=O) groups is 2. The fourth-order valence-electron chi connectivity index (χ4n) is 6.67. The number of hydrogen-bond acceptors (Lipinski definition) is 7. The largest absolute Gasteiger partial charge is 0.477 e. The average molecular weight is 720 g/mol. The Balaban J connectivity index is 1.27. The maximum absolute atomic E-state index is 14.0. The zero-order chi connectivity index (χ0) is 33.8. The SMILES string of the molecule is Cc1ccsc1C(=O)C1CCCC(c2ccccc2NCCc2ccc(Cl)cc2)C(OS(=O)c2ccc3sc(C(=O)O)c(C)c3c2)CC1. The van der Waals surface area contributed by atoms with Gasteiger partial charge in [0, 0.05) is 33.8 Å². The van der Waals surface area contributed by atoms with E-state index in [0.717, 1.165) is 69.0 Å². The standard InChI is InChI=1S/C38H38ClNO5S3/c1-23-19-21-46-36(23)35(41)26-6-5-8-30(29-7-3-4-9-32(29)40-20-18-25-10-13-27(39)14-11-25)33(16-12-26)45-48(44)28-15-17-34-31(22-28)24(2)37(47-34)38(42)43/h3-4,7,9-11,13-15,17,19,21-22,26,30,33,40H,5-6,8,12,16,18,20H2,1-2H3,(H,42,43). The van der Waals surface area contributed by atoms with E-state index in [9.17, 15) is 18.9 Å².